The van der Waals surface area contributed by atoms with Crippen molar-refractivity contribution in [3.8, 4) is 0 Å². The van der Waals surface area contributed by atoms with Crippen molar-refractivity contribution in [3.63, 3.8) is 0 Å². The first-order chi connectivity index (χ1) is 11.9. The monoisotopic (exact) mass is 357 g/mol. The number of aromatic amines is 1. The van der Waals surface area contributed by atoms with Crippen LogP contribution in [0.15, 0.2) is 59.6 Å². The number of aliphatic carboxylic acids is 1. The topological polar surface area (TPSA) is 102 Å². The number of nitrogens with one attached hydrogen (secondary N) is 2. The molecular formula is C18H17N2O4S-. The van der Waals surface area contributed by atoms with E-state index in [9.17, 15) is 18.3 Å². The molecule has 6 nitrogen and oxygen atoms in total. The zero-order chi connectivity index (χ0) is 18.0. The van der Waals surface area contributed by atoms with Gasteiger partial charge in [-0.3, -0.25) is 0 Å². The van der Waals surface area contributed by atoms with Crippen LogP contribution >= 0.6 is 0 Å². The summed E-state index contributed by atoms with van der Waals surface area (Å²) in [6.45, 7) is 1.77. The number of aryl methyl sites for hydroxylation is 1. The highest BCUT2D eigenvalue weighted by Gasteiger charge is 2.22. The summed E-state index contributed by atoms with van der Waals surface area (Å²) in [6, 6.07) is 12.3. The molecule has 2 aromatic carbocycles. The van der Waals surface area contributed by atoms with Crippen LogP contribution in [0.1, 0.15) is 11.1 Å². The second-order valence-electron chi connectivity index (χ2n) is 5.87. The molecule has 1 aromatic heterocycles. The average Bonchev–Trinajstić information content (AvgIpc) is 2.97. The third kappa shape index (κ3) is 3.72. The lowest BCUT2D eigenvalue weighted by Gasteiger charge is -2.19. The number of carboxylic acid groups (broad SMARTS) is 1. The average molecular weight is 357 g/mol. The molecule has 0 unspecified atom stereocenters. The lowest BCUT2D eigenvalue weighted by atomic mass is 10.1. The van der Waals surface area contributed by atoms with Crippen molar-refractivity contribution in [2.24, 2.45) is 0 Å². The fraction of sp³-hybridized carbons (Fsp3) is 0.167. The SMILES string of the molecule is Cc1cccc(S(=O)(=O)N[C@@H](Cc2c[nH]c3ccccc23)C(=O)[O-])c1. The van der Waals surface area contributed by atoms with E-state index < -0.39 is 22.0 Å². The van der Waals surface area contributed by atoms with Gasteiger partial charge >= 0.3 is 0 Å². The summed E-state index contributed by atoms with van der Waals surface area (Å²) in [5.41, 5.74) is 2.33. The number of carbonyl (C=O) groups excluding carboxylic acids is 1. The number of carbonyl (C=O) groups is 1. The van der Waals surface area contributed by atoms with E-state index in [1.165, 1.54) is 12.1 Å². The largest absolute Gasteiger partial charge is 0.548 e. The maximum atomic E-state index is 12.5. The Hall–Kier alpha value is -2.64. The number of carboxylic acids is 1. The smallest absolute Gasteiger partial charge is 0.241 e. The van der Waals surface area contributed by atoms with Gasteiger partial charge in [0, 0.05) is 17.1 Å². The fourth-order valence-corrected chi connectivity index (χ4v) is 4.02. The third-order valence-electron chi connectivity index (χ3n) is 3.98. The molecule has 1 heterocycles. The Labute approximate surface area is 145 Å². The molecule has 25 heavy (non-hydrogen) atoms. The number of benzene rings is 2. The van der Waals surface area contributed by atoms with Crippen LogP contribution < -0.4 is 9.83 Å². The molecule has 0 aliphatic carbocycles. The molecule has 0 radical (unpaired) electrons. The van der Waals surface area contributed by atoms with Crippen molar-refractivity contribution in [2.45, 2.75) is 24.3 Å². The number of aromatic nitrogens is 1. The minimum atomic E-state index is -3.96. The summed E-state index contributed by atoms with van der Waals surface area (Å²) < 4.78 is 27.2. The molecule has 0 saturated heterocycles. The molecule has 130 valence electrons. The Morgan fingerprint density at radius 3 is 2.68 bits per heavy atom. The zero-order valence-corrected chi connectivity index (χ0v) is 14.3. The van der Waals surface area contributed by atoms with Gasteiger partial charge in [-0.2, -0.15) is 0 Å². The van der Waals surface area contributed by atoms with Gasteiger partial charge in [0.15, 0.2) is 0 Å². The van der Waals surface area contributed by atoms with Crippen LogP contribution in [0, 0.1) is 6.92 Å². The third-order valence-corrected chi connectivity index (χ3v) is 5.45. The van der Waals surface area contributed by atoms with E-state index in [0.717, 1.165) is 16.5 Å². The van der Waals surface area contributed by atoms with E-state index in [4.69, 9.17) is 0 Å². The molecule has 0 saturated carbocycles. The minimum absolute atomic E-state index is 0.0165. The molecule has 0 aliphatic rings. The molecule has 0 amide bonds. The van der Waals surface area contributed by atoms with Crippen LogP contribution in [0.3, 0.4) is 0 Å². The molecule has 3 aromatic rings. The number of rotatable bonds is 6. The molecule has 7 heteroatoms. The Balaban J connectivity index is 1.88. The van der Waals surface area contributed by atoms with Crippen molar-refractivity contribution >= 4 is 26.9 Å². The van der Waals surface area contributed by atoms with Gasteiger partial charge in [-0.25, -0.2) is 13.1 Å². The highest BCUT2D eigenvalue weighted by Crippen LogP contribution is 2.20. The van der Waals surface area contributed by atoms with E-state index in [1.54, 1.807) is 25.3 Å². The predicted octanol–water partition coefficient (Wildman–Crippen LogP) is 1.12. The first-order valence-electron chi connectivity index (χ1n) is 7.72. The highest BCUT2D eigenvalue weighted by atomic mass is 32.2. The maximum absolute atomic E-state index is 12.5. The van der Waals surface area contributed by atoms with Crippen LogP contribution in [0.25, 0.3) is 10.9 Å². The van der Waals surface area contributed by atoms with E-state index in [0.29, 0.717) is 5.56 Å². The lowest BCUT2D eigenvalue weighted by Crippen LogP contribution is -2.49. The van der Waals surface area contributed by atoms with E-state index in [-0.39, 0.29) is 11.3 Å². The van der Waals surface area contributed by atoms with Crippen molar-refractivity contribution < 1.29 is 18.3 Å². The van der Waals surface area contributed by atoms with Gasteiger partial charge in [-0.15, -0.1) is 0 Å². The van der Waals surface area contributed by atoms with Crippen molar-refractivity contribution in [2.75, 3.05) is 0 Å². The fourth-order valence-electron chi connectivity index (χ4n) is 2.73. The quantitative estimate of drug-likeness (QED) is 0.690. The Kier molecular flexibility index (Phi) is 4.61. The van der Waals surface area contributed by atoms with Gasteiger partial charge in [0.1, 0.15) is 0 Å². The maximum Gasteiger partial charge on any atom is 0.241 e. The van der Waals surface area contributed by atoms with Crippen LogP contribution in [0.4, 0.5) is 0 Å². The normalized spacial score (nSPS) is 13.0. The van der Waals surface area contributed by atoms with E-state index >= 15 is 0 Å². The summed E-state index contributed by atoms with van der Waals surface area (Å²) in [4.78, 5) is 14.6. The molecule has 0 bridgehead atoms. The van der Waals surface area contributed by atoms with Crippen LogP contribution in [-0.4, -0.2) is 25.4 Å². The summed E-state index contributed by atoms with van der Waals surface area (Å²) in [5, 5.41) is 12.3. The Morgan fingerprint density at radius 1 is 1.20 bits per heavy atom. The van der Waals surface area contributed by atoms with Gasteiger partial charge in [0.05, 0.1) is 16.9 Å². The molecular weight excluding hydrogens is 340 g/mol. The molecule has 1 atom stereocenters. The Bertz CT molecular complexity index is 1020. The molecule has 0 fully saturated rings. The summed E-state index contributed by atoms with van der Waals surface area (Å²) >= 11 is 0. The number of fused-ring (bicyclic) bond motifs is 1. The molecule has 2 N–H and O–H groups in total. The van der Waals surface area contributed by atoms with Crippen molar-refractivity contribution in [3.05, 3.63) is 65.9 Å². The number of sulfonamides is 1. The highest BCUT2D eigenvalue weighted by molar-refractivity contribution is 7.89. The van der Waals surface area contributed by atoms with Crippen LogP contribution in [0.2, 0.25) is 0 Å². The zero-order valence-electron chi connectivity index (χ0n) is 13.5. The van der Waals surface area contributed by atoms with E-state index in [2.05, 4.69) is 9.71 Å². The van der Waals surface area contributed by atoms with Gasteiger partial charge in [-0.05, 0) is 42.7 Å². The van der Waals surface area contributed by atoms with Crippen LogP contribution in [0.5, 0.6) is 0 Å². The van der Waals surface area contributed by atoms with E-state index in [1.807, 2.05) is 24.3 Å². The standard InChI is InChI=1S/C18H18N2O4S/c1-12-5-4-6-14(9-12)25(23,24)20-17(18(21)22)10-13-11-19-16-8-3-2-7-15(13)16/h2-9,11,17,19-20H,10H2,1H3,(H,21,22)/p-1/t17-/m0/s1. The number of hydrogen-bond acceptors (Lipinski definition) is 4. The Morgan fingerprint density at radius 2 is 1.96 bits per heavy atom. The first-order valence-corrected chi connectivity index (χ1v) is 9.20. The second kappa shape index (κ2) is 6.70. The predicted molar refractivity (Wildman–Crippen MR) is 92.3 cm³/mol. The summed E-state index contributed by atoms with van der Waals surface area (Å²) in [7, 11) is -3.96. The second-order valence-corrected chi connectivity index (χ2v) is 7.59. The summed E-state index contributed by atoms with van der Waals surface area (Å²) in [6.07, 6.45) is 1.67. The van der Waals surface area contributed by atoms with Gasteiger partial charge in [0.2, 0.25) is 10.0 Å². The minimum Gasteiger partial charge on any atom is -0.548 e. The molecule has 0 spiro atoms. The lowest BCUT2D eigenvalue weighted by molar-refractivity contribution is -0.307. The molecule has 0 aliphatic heterocycles. The number of para-hydroxylation sites is 1. The van der Waals surface area contributed by atoms with Gasteiger partial charge in [-0.1, -0.05) is 30.3 Å². The van der Waals surface area contributed by atoms with Crippen molar-refractivity contribution in [1.29, 1.82) is 0 Å². The summed E-state index contributed by atoms with van der Waals surface area (Å²) in [5.74, 6) is -1.47. The number of H-pyrrole nitrogens is 1. The van der Waals surface area contributed by atoms with Crippen molar-refractivity contribution in [1.82, 2.24) is 9.71 Å². The van der Waals surface area contributed by atoms with Crippen LogP contribution in [-0.2, 0) is 21.2 Å². The van der Waals surface area contributed by atoms with Gasteiger partial charge < -0.3 is 14.9 Å². The van der Waals surface area contributed by atoms with Gasteiger partial charge in [0.25, 0.3) is 0 Å². The first kappa shape index (κ1) is 17.2. The number of hydrogen-bond donors (Lipinski definition) is 2. The molecule has 3 rings (SSSR count).